The summed E-state index contributed by atoms with van der Waals surface area (Å²) in [4.78, 5) is 4.72. The third-order valence-electron chi connectivity index (χ3n) is 6.64. The van der Waals surface area contributed by atoms with E-state index in [2.05, 4.69) is 15.0 Å². The molecule has 2 N–H and O–H groups in total. The van der Waals surface area contributed by atoms with Crippen LogP contribution in [0.25, 0.3) is 10.9 Å². The van der Waals surface area contributed by atoms with Crippen LogP contribution in [0.15, 0.2) is 59.5 Å². The lowest BCUT2D eigenvalue weighted by atomic mass is 9.78. The number of fused-ring (bicyclic) bond motifs is 1. The molecule has 0 saturated heterocycles. The van der Waals surface area contributed by atoms with Gasteiger partial charge >= 0.3 is 0 Å². The van der Waals surface area contributed by atoms with Crippen LogP contribution in [0.2, 0.25) is 0 Å². The molecule has 38 heavy (non-hydrogen) atoms. The summed E-state index contributed by atoms with van der Waals surface area (Å²) in [7, 11) is -5.20. The molecule has 0 atom stereocenters. The van der Waals surface area contributed by atoms with Crippen molar-refractivity contribution in [3.63, 3.8) is 0 Å². The Morgan fingerprint density at radius 2 is 1.76 bits per heavy atom. The van der Waals surface area contributed by atoms with Gasteiger partial charge in [-0.25, -0.2) is 26.5 Å². The molecule has 4 rings (SSSR count). The molecule has 2 aromatic carbocycles. The highest BCUT2D eigenvalue weighted by atomic mass is 32.2. The minimum absolute atomic E-state index is 0.0496. The zero-order chi connectivity index (χ0) is 27.2. The molecule has 1 aliphatic rings. The molecular weight excluding hydrogens is 526 g/mol. The molecule has 0 radical (unpaired) electrons. The molecule has 1 fully saturated rings. The zero-order valence-electron chi connectivity index (χ0n) is 21.7. The van der Waals surface area contributed by atoms with Crippen LogP contribution in [0.4, 0.5) is 5.82 Å². The third kappa shape index (κ3) is 7.89. The van der Waals surface area contributed by atoms with E-state index in [1.807, 2.05) is 48.5 Å². The molecule has 11 heteroatoms. The number of hydrogen-bond acceptors (Lipinski definition) is 8. The molecule has 0 unspecified atom stereocenters. The Bertz CT molecular complexity index is 1440. The molecule has 9 nitrogen and oxygen atoms in total. The average molecular weight is 562 g/mol. The number of anilines is 1. The lowest BCUT2D eigenvalue weighted by Crippen LogP contribution is -2.37. The van der Waals surface area contributed by atoms with Gasteiger partial charge < -0.3 is 14.8 Å². The van der Waals surface area contributed by atoms with Gasteiger partial charge in [0, 0.05) is 30.8 Å². The number of aromatic nitrogens is 1. The highest BCUT2D eigenvalue weighted by molar-refractivity contribution is 7.90. The maximum Gasteiger partial charge on any atom is 0.244 e. The molecule has 1 aromatic heterocycles. The van der Waals surface area contributed by atoms with Crippen molar-refractivity contribution in [2.24, 2.45) is 5.92 Å². The number of para-hydroxylation sites is 1. The summed E-state index contributed by atoms with van der Waals surface area (Å²) in [6.07, 6.45) is 3.95. The van der Waals surface area contributed by atoms with E-state index in [4.69, 9.17) is 9.47 Å². The Balaban J connectivity index is 1.33. The van der Waals surface area contributed by atoms with Gasteiger partial charge in [0.05, 0.1) is 25.0 Å². The number of nitrogens with zero attached hydrogens (tertiary/aromatic N) is 1. The Hall–Kier alpha value is -2.73. The zero-order valence-corrected chi connectivity index (χ0v) is 23.4. The second-order valence-electron chi connectivity index (χ2n) is 9.78. The second kappa shape index (κ2) is 12.4. The van der Waals surface area contributed by atoms with Crippen molar-refractivity contribution in [1.29, 1.82) is 0 Å². The van der Waals surface area contributed by atoms with Crippen LogP contribution >= 0.6 is 0 Å². The van der Waals surface area contributed by atoms with Gasteiger partial charge in [-0.1, -0.05) is 30.3 Å². The topological polar surface area (TPSA) is 124 Å². The first-order valence-electron chi connectivity index (χ1n) is 12.7. The number of sulfone groups is 1. The minimum Gasteiger partial charge on any atom is -0.497 e. The number of hydrogen-bond donors (Lipinski definition) is 2. The van der Waals surface area contributed by atoms with Gasteiger partial charge in [0.2, 0.25) is 10.0 Å². The number of sulfonamides is 1. The number of ether oxygens (including phenoxy) is 2. The third-order valence-corrected chi connectivity index (χ3v) is 9.09. The van der Waals surface area contributed by atoms with E-state index in [0.29, 0.717) is 43.3 Å². The molecule has 1 heterocycles. The van der Waals surface area contributed by atoms with E-state index in [1.54, 1.807) is 13.2 Å². The molecule has 206 valence electrons. The number of benzene rings is 2. The number of methoxy groups -OCH3 is 1. The quantitative estimate of drug-likeness (QED) is 0.285. The number of rotatable bonds is 14. The highest BCUT2D eigenvalue weighted by Crippen LogP contribution is 2.34. The molecule has 0 amide bonds. The molecule has 0 bridgehead atoms. The molecule has 1 saturated carbocycles. The summed E-state index contributed by atoms with van der Waals surface area (Å²) in [5.74, 6) is 1.58. The average Bonchev–Trinajstić information content (AvgIpc) is 2.86. The fourth-order valence-electron chi connectivity index (χ4n) is 4.44. The molecule has 0 spiro atoms. The summed E-state index contributed by atoms with van der Waals surface area (Å²) in [6.45, 7) is 1.08. The van der Waals surface area contributed by atoms with E-state index in [0.717, 1.165) is 29.5 Å². The van der Waals surface area contributed by atoms with Gasteiger partial charge in [0.1, 0.15) is 26.3 Å². The smallest absolute Gasteiger partial charge is 0.244 e. The fourth-order valence-corrected chi connectivity index (χ4v) is 6.41. The van der Waals surface area contributed by atoms with E-state index in [9.17, 15) is 16.8 Å². The normalized spacial score (nSPS) is 17.7. The van der Waals surface area contributed by atoms with Crippen molar-refractivity contribution < 1.29 is 26.3 Å². The van der Waals surface area contributed by atoms with Crippen LogP contribution in [-0.4, -0.2) is 60.1 Å². The van der Waals surface area contributed by atoms with Gasteiger partial charge in [0.15, 0.2) is 0 Å². The summed E-state index contributed by atoms with van der Waals surface area (Å²) in [5, 5.41) is 4.03. The Morgan fingerprint density at radius 3 is 2.47 bits per heavy atom. The van der Waals surface area contributed by atoms with E-state index in [1.165, 1.54) is 6.26 Å². The lowest BCUT2D eigenvalue weighted by molar-refractivity contribution is 0.119. The van der Waals surface area contributed by atoms with Crippen LogP contribution < -0.4 is 14.8 Å². The Kier molecular flexibility index (Phi) is 9.24. The van der Waals surface area contributed by atoms with Crippen LogP contribution in [-0.2, 0) is 31.2 Å². The lowest BCUT2D eigenvalue weighted by Gasteiger charge is -2.36. The van der Waals surface area contributed by atoms with Crippen LogP contribution in [0, 0.1) is 5.92 Å². The van der Waals surface area contributed by atoms with Crippen LogP contribution in [0.3, 0.4) is 0 Å². The van der Waals surface area contributed by atoms with Gasteiger partial charge in [-0.05, 0) is 61.4 Å². The predicted octanol–water partition coefficient (Wildman–Crippen LogP) is 3.75. The first kappa shape index (κ1) is 28.3. The van der Waals surface area contributed by atoms with E-state index in [-0.39, 0.29) is 23.2 Å². The fraction of sp³-hybridized carbons (Fsp3) is 0.444. The molecular formula is C27H35N3O6S2. The van der Waals surface area contributed by atoms with Gasteiger partial charge in [-0.15, -0.1) is 0 Å². The largest absolute Gasteiger partial charge is 0.497 e. The summed E-state index contributed by atoms with van der Waals surface area (Å²) < 4.78 is 62.9. The van der Waals surface area contributed by atoms with Crippen molar-refractivity contribution in [2.75, 3.05) is 37.6 Å². The van der Waals surface area contributed by atoms with Gasteiger partial charge in [-0.2, -0.15) is 0 Å². The number of pyridine rings is 1. The maximum atomic E-state index is 13.3. The maximum absolute atomic E-state index is 13.3. The first-order valence-corrected chi connectivity index (χ1v) is 16.2. The standard InChI is InChI=1S/C27H35N3O6S2/c1-35-24-10-8-20(9-11-24)19-36-14-5-13-28-38(33,34)26-18-22-6-3-4-7-25(22)30-27(26)29-23-16-21(17-23)12-15-37(2,31)32/h3-4,6-11,18,21,23,28H,5,12-17,19H2,1-2H3,(H,29,30). The van der Waals surface area contributed by atoms with Gasteiger partial charge in [-0.3, -0.25) is 0 Å². The SMILES string of the molecule is COc1ccc(COCCCNS(=O)(=O)c2cc3ccccc3nc2NC2CC(CCS(C)(=O)=O)C2)cc1. The Morgan fingerprint density at radius 1 is 1.03 bits per heavy atom. The van der Waals surface area contributed by atoms with E-state index >= 15 is 0 Å². The second-order valence-corrected chi connectivity index (χ2v) is 13.8. The van der Waals surface area contributed by atoms with Crippen molar-refractivity contribution >= 4 is 36.6 Å². The first-order chi connectivity index (χ1) is 18.1. The summed E-state index contributed by atoms with van der Waals surface area (Å²) in [5.41, 5.74) is 1.72. The number of nitrogens with one attached hydrogen (secondary N) is 2. The van der Waals surface area contributed by atoms with Crippen molar-refractivity contribution in [3.8, 4) is 5.75 Å². The highest BCUT2D eigenvalue weighted by Gasteiger charge is 2.31. The molecule has 3 aromatic rings. The summed E-state index contributed by atoms with van der Waals surface area (Å²) in [6, 6.07) is 16.7. The van der Waals surface area contributed by atoms with Crippen molar-refractivity contribution in [3.05, 3.63) is 60.2 Å². The monoisotopic (exact) mass is 561 g/mol. The van der Waals surface area contributed by atoms with E-state index < -0.39 is 19.9 Å². The Labute approximate surface area is 224 Å². The van der Waals surface area contributed by atoms with Crippen LogP contribution in [0.1, 0.15) is 31.2 Å². The molecule has 1 aliphatic carbocycles. The van der Waals surface area contributed by atoms with Gasteiger partial charge in [0.25, 0.3) is 0 Å². The molecule has 0 aliphatic heterocycles. The summed E-state index contributed by atoms with van der Waals surface area (Å²) >= 11 is 0. The predicted molar refractivity (Wildman–Crippen MR) is 149 cm³/mol. The van der Waals surface area contributed by atoms with Crippen molar-refractivity contribution in [2.45, 2.75) is 43.2 Å². The minimum atomic E-state index is -3.83. The van der Waals surface area contributed by atoms with Crippen LogP contribution in [0.5, 0.6) is 5.75 Å². The van der Waals surface area contributed by atoms with Crippen molar-refractivity contribution in [1.82, 2.24) is 9.71 Å².